The lowest BCUT2D eigenvalue weighted by atomic mass is 9.34. The fourth-order valence-corrected chi connectivity index (χ4v) is 14.8. The van der Waals surface area contributed by atoms with Gasteiger partial charge < -0.3 is 18.3 Å². The van der Waals surface area contributed by atoms with Crippen LogP contribution in [0.4, 0.5) is 0 Å². The van der Waals surface area contributed by atoms with Crippen LogP contribution in [0.15, 0.2) is 237 Å². The molecule has 0 saturated heterocycles. The highest BCUT2D eigenvalue weighted by Crippen LogP contribution is 2.47. The lowest BCUT2D eigenvalue weighted by Gasteiger charge is -2.34. The van der Waals surface area contributed by atoms with Gasteiger partial charge in [-0.05, 0) is 120 Å². The van der Waals surface area contributed by atoms with E-state index in [-0.39, 0.29) is 6.71 Å². The van der Waals surface area contributed by atoms with Gasteiger partial charge in [0, 0.05) is 60.2 Å². The fourth-order valence-electron chi connectivity index (χ4n) is 14.8. The van der Waals surface area contributed by atoms with Crippen LogP contribution in [0.5, 0.6) is 0 Å². The molecule has 5 heteroatoms. The Hall–Kier alpha value is -9.84. The highest BCUT2D eigenvalue weighted by molar-refractivity contribution is 7.00. The van der Waals surface area contributed by atoms with Gasteiger partial charge in [-0.1, -0.05) is 176 Å². The summed E-state index contributed by atoms with van der Waals surface area (Å²) in [6.07, 6.45) is 0. The van der Waals surface area contributed by atoms with Crippen molar-refractivity contribution in [2.75, 3.05) is 0 Å². The minimum atomic E-state index is -0.0404. The van der Waals surface area contributed by atoms with Crippen LogP contribution < -0.4 is 16.4 Å². The smallest absolute Gasteiger partial charge is 0.252 e. The molecule has 75 heavy (non-hydrogen) atoms. The molecule has 13 aromatic carbocycles. The van der Waals surface area contributed by atoms with Crippen LogP contribution in [0.25, 0.3) is 153 Å². The summed E-state index contributed by atoms with van der Waals surface area (Å²) in [5, 5.41) is 20.5. The van der Waals surface area contributed by atoms with Crippen molar-refractivity contribution in [1.29, 1.82) is 0 Å². The van der Waals surface area contributed by atoms with E-state index in [9.17, 15) is 0 Å². The Kier molecular flexibility index (Phi) is 7.04. The van der Waals surface area contributed by atoms with Gasteiger partial charge in [0.15, 0.2) is 0 Å². The third kappa shape index (κ3) is 4.68. The van der Waals surface area contributed by atoms with Crippen molar-refractivity contribution in [3.05, 3.63) is 237 Å². The summed E-state index contributed by atoms with van der Waals surface area (Å²) in [7, 11) is 0. The summed E-state index contributed by atoms with van der Waals surface area (Å²) < 4.78 is 10.3. The van der Waals surface area contributed by atoms with Crippen LogP contribution in [0.2, 0.25) is 0 Å². The van der Waals surface area contributed by atoms with E-state index in [0.29, 0.717) is 0 Å². The van der Waals surface area contributed by atoms with Crippen LogP contribution in [0, 0.1) is 0 Å². The largest absolute Gasteiger partial charge is 0.310 e. The normalized spacial score (nSPS) is 13.0. The molecule has 2 aliphatic rings. The molecule has 0 spiro atoms. The zero-order valence-corrected chi connectivity index (χ0v) is 40.4. The van der Waals surface area contributed by atoms with E-state index < -0.39 is 0 Å². The fraction of sp³-hybridized carbons (Fsp3) is 0. The van der Waals surface area contributed by atoms with E-state index in [2.05, 4.69) is 255 Å². The van der Waals surface area contributed by atoms with Gasteiger partial charge in [0.25, 0.3) is 6.71 Å². The number of nitrogens with zero attached hydrogens (tertiary/aromatic N) is 4. The molecule has 6 heterocycles. The standard InChI is InChI=1S/C70H39BN4/c1-5-19-46-40(15-1)29-32-60-64(46)66-48-21-7-3-17-42(48)35-54-69(66)74(60)62-38-45(73-58-28-14-11-25-52(58)53-37-44(31-34-59(53)73)72-56-26-12-9-23-50(56)51-24-10-13-27-57(51)72)39-63-68(62)71(54)55-36-43-18-4-8-22-49(43)67-65-47-20-6-2-16-41(47)30-33-61(65)75(63)70(55)67/h1-39H. The molecule has 2 aliphatic heterocycles. The first kappa shape index (κ1) is 38.8. The summed E-state index contributed by atoms with van der Waals surface area (Å²) in [4.78, 5) is 0. The Morgan fingerprint density at radius 2 is 0.613 bits per heavy atom. The monoisotopic (exact) mass is 946 g/mol. The summed E-state index contributed by atoms with van der Waals surface area (Å²) in [6, 6.07) is 89.6. The van der Waals surface area contributed by atoms with E-state index in [4.69, 9.17) is 0 Å². The van der Waals surface area contributed by atoms with Crippen molar-refractivity contribution < 1.29 is 0 Å². The SMILES string of the molecule is c1ccc2c(c1)ccc1c2c2c3ccccc3cc3c2n1-c1cc(-n2c4ccccc4c4cc(-n5c6ccccc6c6ccccc65)ccc42)cc2c1B3c1cc3ccccc3c3c4c5ccccc5ccc4n-2c13. The van der Waals surface area contributed by atoms with E-state index >= 15 is 0 Å². The highest BCUT2D eigenvalue weighted by Gasteiger charge is 2.42. The number of hydrogen-bond donors (Lipinski definition) is 0. The minimum Gasteiger partial charge on any atom is -0.310 e. The van der Waals surface area contributed by atoms with E-state index in [1.807, 2.05) is 0 Å². The van der Waals surface area contributed by atoms with Crippen LogP contribution in [0.1, 0.15) is 0 Å². The molecule has 0 atom stereocenters. The van der Waals surface area contributed by atoms with Gasteiger partial charge in [0.05, 0.1) is 49.8 Å². The van der Waals surface area contributed by atoms with Gasteiger partial charge in [-0.25, -0.2) is 0 Å². The summed E-state index contributed by atoms with van der Waals surface area (Å²) in [6.45, 7) is -0.0404. The summed E-state index contributed by atoms with van der Waals surface area (Å²) >= 11 is 0. The van der Waals surface area contributed by atoms with Gasteiger partial charge in [0.2, 0.25) is 0 Å². The van der Waals surface area contributed by atoms with Crippen LogP contribution in [0.3, 0.4) is 0 Å². The predicted molar refractivity (Wildman–Crippen MR) is 318 cm³/mol. The molecule has 342 valence electrons. The molecule has 0 fully saturated rings. The predicted octanol–water partition coefficient (Wildman–Crippen LogP) is 15.8. The molecule has 0 amide bonds. The molecule has 4 nitrogen and oxygen atoms in total. The van der Waals surface area contributed by atoms with Gasteiger partial charge in [0.1, 0.15) is 0 Å². The molecule has 19 rings (SSSR count). The molecular weight excluding hydrogens is 908 g/mol. The molecule has 0 saturated carbocycles. The second kappa shape index (κ2) is 13.6. The topological polar surface area (TPSA) is 19.7 Å². The Balaban J connectivity index is 1.01. The second-order valence-corrected chi connectivity index (χ2v) is 21.1. The van der Waals surface area contributed by atoms with Crippen molar-refractivity contribution in [1.82, 2.24) is 18.3 Å². The zero-order valence-electron chi connectivity index (χ0n) is 40.4. The molecule has 0 radical (unpaired) electrons. The maximum atomic E-state index is 2.66. The Morgan fingerprint density at radius 1 is 0.240 bits per heavy atom. The Morgan fingerprint density at radius 3 is 1.11 bits per heavy atom. The first-order valence-electron chi connectivity index (χ1n) is 26.2. The van der Waals surface area contributed by atoms with Crippen LogP contribution in [-0.2, 0) is 0 Å². The van der Waals surface area contributed by atoms with E-state index in [1.165, 1.54) is 158 Å². The zero-order chi connectivity index (χ0) is 48.4. The van der Waals surface area contributed by atoms with Gasteiger partial charge in [-0.3, -0.25) is 0 Å². The first-order chi connectivity index (χ1) is 37.2. The number of benzene rings is 13. The third-order valence-corrected chi connectivity index (χ3v) is 17.6. The summed E-state index contributed by atoms with van der Waals surface area (Å²) in [5.74, 6) is 0. The van der Waals surface area contributed by atoms with Gasteiger partial charge >= 0.3 is 0 Å². The van der Waals surface area contributed by atoms with Crippen molar-refractivity contribution in [3.63, 3.8) is 0 Å². The van der Waals surface area contributed by atoms with Gasteiger partial charge in [-0.2, -0.15) is 0 Å². The van der Waals surface area contributed by atoms with Crippen LogP contribution in [-0.4, -0.2) is 25.0 Å². The molecule has 0 unspecified atom stereocenters. The third-order valence-electron chi connectivity index (χ3n) is 17.6. The van der Waals surface area contributed by atoms with E-state index in [0.717, 1.165) is 11.4 Å². The average Bonchev–Trinajstić information content (AvgIpc) is 4.29. The average molecular weight is 947 g/mol. The highest BCUT2D eigenvalue weighted by atomic mass is 15.1. The molecular formula is C70H39BN4. The maximum absolute atomic E-state index is 2.66. The number of fused-ring (bicyclic) bond motifs is 24. The number of para-hydroxylation sites is 3. The van der Waals surface area contributed by atoms with E-state index in [1.54, 1.807) is 0 Å². The Bertz CT molecular complexity index is 5230. The van der Waals surface area contributed by atoms with Gasteiger partial charge in [-0.15, -0.1) is 0 Å². The first-order valence-corrected chi connectivity index (χ1v) is 26.2. The second-order valence-electron chi connectivity index (χ2n) is 21.1. The number of hydrogen-bond acceptors (Lipinski definition) is 0. The Labute approximate surface area is 428 Å². The van der Waals surface area contributed by atoms with Crippen molar-refractivity contribution in [2.24, 2.45) is 0 Å². The minimum absolute atomic E-state index is 0.0404. The molecule has 0 aliphatic carbocycles. The molecule has 17 aromatic rings. The molecule has 0 bridgehead atoms. The number of aromatic nitrogens is 4. The van der Waals surface area contributed by atoms with Crippen molar-refractivity contribution in [3.8, 4) is 22.7 Å². The lowest BCUT2D eigenvalue weighted by molar-refractivity contribution is 1.10. The maximum Gasteiger partial charge on any atom is 0.252 e. The van der Waals surface area contributed by atoms with Crippen LogP contribution >= 0.6 is 0 Å². The quantitative estimate of drug-likeness (QED) is 0.154. The molecule has 0 N–H and O–H groups in total. The van der Waals surface area contributed by atoms with Crippen molar-refractivity contribution in [2.45, 2.75) is 0 Å². The number of rotatable bonds is 2. The van der Waals surface area contributed by atoms with Crippen molar-refractivity contribution >= 4 is 153 Å². The molecule has 4 aromatic heterocycles. The summed E-state index contributed by atoms with van der Waals surface area (Å²) in [5.41, 5.74) is 18.7. The lowest BCUT2D eigenvalue weighted by Crippen LogP contribution is -2.59.